The van der Waals surface area contributed by atoms with Crippen molar-refractivity contribution < 1.29 is 23.7 Å². The van der Waals surface area contributed by atoms with Crippen molar-refractivity contribution in [1.29, 1.82) is 0 Å². The van der Waals surface area contributed by atoms with Crippen LogP contribution in [0.3, 0.4) is 0 Å². The molecule has 0 radical (unpaired) electrons. The number of methoxy groups -OCH3 is 1. The highest BCUT2D eigenvalue weighted by atomic mass is 16.7. The zero-order chi connectivity index (χ0) is 22.9. The van der Waals surface area contributed by atoms with Crippen LogP contribution in [0.5, 0.6) is 11.5 Å². The molecule has 1 aliphatic heterocycles. The Labute approximate surface area is 195 Å². The number of aryl methyl sites for hydroxylation is 1. The summed E-state index contributed by atoms with van der Waals surface area (Å²) in [7, 11) is 1.69. The van der Waals surface area contributed by atoms with Gasteiger partial charge in [0.25, 0.3) is 0 Å². The van der Waals surface area contributed by atoms with Gasteiger partial charge in [-0.2, -0.15) is 4.73 Å². The number of unbranched alkanes of at least 4 members (excludes halogenated alkanes) is 2. The molecule has 4 rings (SSSR count). The van der Waals surface area contributed by atoms with Crippen LogP contribution in [0.25, 0.3) is 10.9 Å². The van der Waals surface area contributed by atoms with Crippen LogP contribution in [0.15, 0.2) is 54.7 Å². The van der Waals surface area contributed by atoms with E-state index in [1.807, 2.05) is 30.3 Å². The van der Waals surface area contributed by atoms with E-state index in [1.54, 1.807) is 13.2 Å². The predicted octanol–water partition coefficient (Wildman–Crippen LogP) is 5.32. The molecule has 33 heavy (non-hydrogen) atoms. The number of pyridine rings is 1. The molecule has 6 heteroatoms. The van der Waals surface area contributed by atoms with E-state index < -0.39 is 0 Å². The third-order valence-electron chi connectivity index (χ3n) is 6.03. The third-order valence-corrected chi connectivity index (χ3v) is 6.03. The largest absolute Gasteiger partial charge is 0.618 e. The van der Waals surface area contributed by atoms with E-state index in [4.69, 9.17) is 18.9 Å². The lowest BCUT2D eigenvalue weighted by atomic mass is 10.1. The maximum atomic E-state index is 12.6. The number of benzene rings is 2. The van der Waals surface area contributed by atoms with E-state index in [0.29, 0.717) is 18.7 Å². The summed E-state index contributed by atoms with van der Waals surface area (Å²) in [5, 5.41) is 13.4. The summed E-state index contributed by atoms with van der Waals surface area (Å²) >= 11 is 0. The highest BCUT2D eigenvalue weighted by Crippen LogP contribution is 2.28. The smallest absolute Gasteiger partial charge is 0.233 e. The Bertz CT molecular complexity index is 1030. The Kier molecular flexibility index (Phi) is 8.39. The lowest BCUT2D eigenvalue weighted by Crippen LogP contribution is -2.28. The van der Waals surface area contributed by atoms with Gasteiger partial charge in [0, 0.05) is 12.7 Å². The highest BCUT2D eigenvalue weighted by Gasteiger charge is 2.18. The molecule has 0 bridgehead atoms. The standard InChI is InChI=1S/C27H33NO5/c1-30-23-11-7-10-21(19-23)9-3-2-5-17-31-25-15-14-22(20-33-26-13-4-6-18-32-26)27-24(25)12-8-16-28(27)29/h7-8,10-12,14-16,19,26H,2-6,9,13,17-18,20H2,1H3. The topological polar surface area (TPSA) is 63.9 Å². The zero-order valence-corrected chi connectivity index (χ0v) is 19.3. The van der Waals surface area contributed by atoms with Crippen molar-refractivity contribution in [3.63, 3.8) is 0 Å². The van der Waals surface area contributed by atoms with Crippen molar-refractivity contribution in [2.45, 2.75) is 57.8 Å². The second-order valence-corrected chi connectivity index (χ2v) is 8.44. The summed E-state index contributed by atoms with van der Waals surface area (Å²) in [6, 6.07) is 15.8. The monoisotopic (exact) mass is 451 g/mol. The fourth-order valence-corrected chi connectivity index (χ4v) is 4.23. The number of hydrogen-bond acceptors (Lipinski definition) is 5. The molecule has 0 aliphatic carbocycles. The predicted molar refractivity (Wildman–Crippen MR) is 127 cm³/mol. The van der Waals surface area contributed by atoms with Gasteiger partial charge in [-0.25, -0.2) is 0 Å². The summed E-state index contributed by atoms with van der Waals surface area (Å²) in [4.78, 5) is 0. The van der Waals surface area contributed by atoms with Crippen LogP contribution >= 0.6 is 0 Å². The van der Waals surface area contributed by atoms with Crippen molar-refractivity contribution in [3.05, 3.63) is 71.1 Å². The molecule has 6 nitrogen and oxygen atoms in total. The quantitative estimate of drug-likeness (QED) is 0.224. The lowest BCUT2D eigenvalue weighted by molar-refractivity contribution is -0.577. The van der Waals surface area contributed by atoms with E-state index >= 15 is 0 Å². The van der Waals surface area contributed by atoms with Crippen LogP contribution < -0.4 is 14.2 Å². The molecule has 1 unspecified atom stereocenters. The van der Waals surface area contributed by atoms with Crippen LogP contribution in [-0.4, -0.2) is 26.6 Å². The Morgan fingerprint density at radius 1 is 1.06 bits per heavy atom. The second kappa shape index (κ2) is 11.9. The number of aromatic nitrogens is 1. The SMILES string of the molecule is COc1cccc(CCCCCOc2ccc(COC3CCCCO3)c3c2ccc[n+]3[O-])c1. The first kappa shape index (κ1) is 23.3. The van der Waals surface area contributed by atoms with Crippen molar-refractivity contribution >= 4 is 10.9 Å². The zero-order valence-electron chi connectivity index (χ0n) is 19.3. The van der Waals surface area contributed by atoms with Gasteiger partial charge in [-0.15, -0.1) is 0 Å². The molecule has 176 valence electrons. The van der Waals surface area contributed by atoms with Gasteiger partial charge in [0.15, 0.2) is 12.5 Å². The maximum absolute atomic E-state index is 12.6. The minimum absolute atomic E-state index is 0.189. The van der Waals surface area contributed by atoms with Gasteiger partial charge in [0.2, 0.25) is 5.52 Å². The third kappa shape index (κ3) is 6.36. The minimum Gasteiger partial charge on any atom is -0.618 e. The molecule has 0 saturated carbocycles. The van der Waals surface area contributed by atoms with E-state index in [0.717, 1.165) is 78.7 Å². The fourth-order valence-electron chi connectivity index (χ4n) is 4.23. The maximum Gasteiger partial charge on any atom is 0.233 e. The Hall–Kier alpha value is -2.83. The minimum atomic E-state index is -0.189. The molecular weight excluding hydrogens is 418 g/mol. The van der Waals surface area contributed by atoms with Crippen molar-refractivity contribution in [1.82, 2.24) is 0 Å². The Balaban J connectivity index is 1.30. The average Bonchev–Trinajstić information content (AvgIpc) is 2.86. The Morgan fingerprint density at radius 2 is 2.00 bits per heavy atom. The van der Waals surface area contributed by atoms with Crippen molar-refractivity contribution in [3.8, 4) is 11.5 Å². The molecule has 0 amide bonds. The summed E-state index contributed by atoms with van der Waals surface area (Å²) in [5.41, 5.74) is 2.74. The molecule has 1 aromatic heterocycles. The lowest BCUT2D eigenvalue weighted by Gasteiger charge is -2.22. The van der Waals surface area contributed by atoms with E-state index in [2.05, 4.69) is 12.1 Å². The number of nitrogens with zero attached hydrogens (tertiary/aromatic N) is 1. The normalized spacial score (nSPS) is 16.1. The molecular formula is C27H33NO5. The number of ether oxygens (including phenoxy) is 4. The molecule has 2 aromatic carbocycles. The van der Waals surface area contributed by atoms with E-state index in [1.165, 1.54) is 11.8 Å². The molecule has 2 heterocycles. The summed E-state index contributed by atoms with van der Waals surface area (Å²) in [6.45, 7) is 1.70. The Morgan fingerprint density at radius 3 is 2.85 bits per heavy atom. The van der Waals surface area contributed by atoms with Gasteiger partial charge in [-0.1, -0.05) is 12.1 Å². The molecule has 1 fully saturated rings. The van der Waals surface area contributed by atoms with Crippen LogP contribution in [0.4, 0.5) is 0 Å². The van der Waals surface area contributed by atoms with Gasteiger partial charge < -0.3 is 24.2 Å². The molecule has 1 saturated heterocycles. The van der Waals surface area contributed by atoms with Gasteiger partial charge in [0.05, 0.1) is 31.3 Å². The molecule has 1 atom stereocenters. The summed E-state index contributed by atoms with van der Waals surface area (Å²) in [6.07, 6.45) is 8.57. The summed E-state index contributed by atoms with van der Waals surface area (Å²) < 4.78 is 23.8. The van der Waals surface area contributed by atoms with E-state index in [9.17, 15) is 5.21 Å². The van der Waals surface area contributed by atoms with Gasteiger partial charge in [-0.3, -0.25) is 0 Å². The summed E-state index contributed by atoms with van der Waals surface area (Å²) in [5.74, 6) is 1.64. The first-order valence-electron chi connectivity index (χ1n) is 11.9. The van der Waals surface area contributed by atoms with Crippen LogP contribution in [0.2, 0.25) is 0 Å². The first-order chi connectivity index (χ1) is 16.2. The highest BCUT2D eigenvalue weighted by molar-refractivity contribution is 5.85. The molecule has 1 aliphatic rings. The van der Waals surface area contributed by atoms with Gasteiger partial charge in [-0.05, 0) is 80.8 Å². The van der Waals surface area contributed by atoms with Gasteiger partial charge in [0.1, 0.15) is 11.5 Å². The number of hydrogen-bond donors (Lipinski definition) is 0. The average molecular weight is 452 g/mol. The second-order valence-electron chi connectivity index (χ2n) is 8.44. The van der Waals surface area contributed by atoms with Gasteiger partial charge >= 0.3 is 0 Å². The van der Waals surface area contributed by atoms with Crippen LogP contribution in [-0.2, 0) is 22.5 Å². The van der Waals surface area contributed by atoms with Crippen LogP contribution in [0, 0.1) is 5.21 Å². The fraction of sp³-hybridized carbons (Fsp3) is 0.444. The van der Waals surface area contributed by atoms with Crippen molar-refractivity contribution in [2.75, 3.05) is 20.3 Å². The van der Waals surface area contributed by atoms with Crippen molar-refractivity contribution in [2.24, 2.45) is 0 Å². The molecule has 3 aromatic rings. The number of fused-ring (bicyclic) bond motifs is 1. The van der Waals surface area contributed by atoms with Crippen LogP contribution in [0.1, 0.15) is 49.7 Å². The number of rotatable bonds is 11. The molecule has 0 N–H and O–H groups in total. The molecule has 0 spiro atoms. The first-order valence-corrected chi connectivity index (χ1v) is 11.9. The van der Waals surface area contributed by atoms with E-state index in [-0.39, 0.29) is 6.29 Å².